The molecule has 13 heavy (non-hydrogen) atoms. The lowest BCUT2D eigenvalue weighted by molar-refractivity contribution is -0.121. The maximum atomic E-state index is 11.0. The second-order valence-corrected chi connectivity index (χ2v) is 3.24. The fourth-order valence-corrected chi connectivity index (χ4v) is 1.13. The zero-order chi connectivity index (χ0) is 9.94. The molecule has 1 amide bonds. The molecule has 78 valence electrons. The summed E-state index contributed by atoms with van der Waals surface area (Å²) in [5, 5.41) is 11.4. The lowest BCUT2D eigenvalue weighted by Gasteiger charge is -2.03. The van der Waals surface area contributed by atoms with E-state index in [0.717, 1.165) is 38.6 Å². The molecule has 0 spiro atoms. The van der Waals surface area contributed by atoms with Crippen LogP contribution in [-0.2, 0) is 4.79 Å². The predicted molar refractivity (Wildman–Crippen MR) is 53.5 cm³/mol. The Morgan fingerprint density at radius 2 is 1.92 bits per heavy atom. The minimum atomic E-state index is 0.157. The van der Waals surface area contributed by atoms with Gasteiger partial charge in [0, 0.05) is 19.6 Å². The molecule has 0 aliphatic heterocycles. The molecule has 0 saturated carbocycles. The van der Waals surface area contributed by atoms with Gasteiger partial charge in [0.2, 0.25) is 5.91 Å². The Morgan fingerprint density at radius 3 is 2.54 bits per heavy atom. The molecule has 3 nitrogen and oxygen atoms in total. The fourth-order valence-electron chi connectivity index (χ4n) is 1.13. The molecule has 0 aliphatic rings. The van der Waals surface area contributed by atoms with E-state index in [2.05, 4.69) is 5.32 Å². The Kier molecular flexibility index (Phi) is 9.10. The second-order valence-electron chi connectivity index (χ2n) is 3.24. The Morgan fingerprint density at radius 1 is 1.23 bits per heavy atom. The lowest BCUT2D eigenvalue weighted by Crippen LogP contribution is -2.23. The number of carbonyl (C=O) groups excluding carboxylic acids is 1. The number of rotatable bonds is 8. The second kappa shape index (κ2) is 9.52. The van der Waals surface area contributed by atoms with Gasteiger partial charge in [0.05, 0.1) is 0 Å². The Hall–Kier alpha value is -0.570. The van der Waals surface area contributed by atoms with Gasteiger partial charge in [-0.3, -0.25) is 4.79 Å². The van der Waals surface area contributed by atoms with Crippen LogP contribution in [0.25, 0.3) is 0 Å². The third kappa shape index (κ3) is 9.34. The van der Waals surface area contributed by atoms with Crippen molar-refractivity contribution in [2.24, 2.45) is 0 Å². The fraction of sp³-hybridized carbons (Fsp3) is 0.900. The summed E-state index contributed by atoms with van der Waals surface area (Å²) in [4.78, 5) is 11.0. The monoisotopic (exact) mass is 187 g/mol. The molecule has 0 saturated heterocycles. The van der Waals surface area contributed by atoms with Crippen LogP contribution in [0, 0.1) is 0 Å². The van der Waals surface area contributed by atoms with Gasteiger partial charge in [0.15, 0.2) is 0 Å². The van der Waals surface area contributed by atoms with E-state index in [9.17, 15) is 4.79 Å². The standard InChI is InChI=1S/C10H21NO2/c1-2-7-10(13)11-8-5-3-4-6-9-12/h12H,2-9H2,1H3,(H,11,13). The lowest BCUT2D eigenvalue weighted by atomic mass is 10.2. The van der Waals surface area contributed by atoms with Gasteiger partial charge in [-0.1, -0.05) is 19.8 Å². The van der Waals surface area contributed by atoms with Crippen molar-refractivity contribution in [3.8, 4) is 0 Å². The van der Waals surface area contributed by atoms with Crippen LogP contribution in [0.4, 0.5) is 0 Å². The normalized spacial score (nSPS) is 10.0. The summed E-state index contributed by atoms with van der Waals surface area (Å²) in [5.74, 6) is 0.157. The third-order valence-electron chi connectivity index (χ3n) is 1.88. The highest BCUT2D eigenvalue weighted by molar-refractivity contribution is 5.75. The van der Waals surface area contributed by atoms with Gasteiger partial charge in [-0.25, -0.2) is 0 Å². The van der Waals surface area contributed by atoms with Crippen molar-refractivity contribution in [2.45, 2.75) is 45.4 Å². The molecule has 3 heteroatoms. The first-order chi connectivity index (χ1) is 6.31. The molecule has 0 aromatic rings. The number of aliphatic hydroxyl groups excluding tert-OH is 1. The van der Waals surface area contributed by atoms with Crippen LogP contribution < -0.4 is 5.32 Å². The molecule has 0 fully saturated rings. The topological polar surface area (TPSA) is 49.3 Å². The van der Waals surface area contributed by atoms with Crippen molar-refractivity contribution in [2.75, 3.05) is 13.2 Å². The molecule has 0 heterocycles. The Bertz CT molecular complexity index is 126. The first kappa shape index (κ1) is 12.4. The van der Waals surface area contributed by atoms with Gasteiger partial charge >= 0.3 is 0 Å². The number of nitrogens with one attached hydrogen (secondary N) is 1. The van der Waals surface area contributed by atoms with E-state index >= 15 is 0 Å². The molecule has 0 rings (SSSR count). The zero-order valence-electron chi connectivity index (χ0n) is 8.51. The highest BCUT2D eigenvalue weighted by atomic mass is 16.2. The number of hydrogen-bond donors (Lipinski definition) is 2. The van der Waals surface area contributed by atoms with Gasteiger partial charge in [0.25, 0.3) is 0 Å². The molecule has 2 N–H and O–H groups in total. The summed E-state index contributed by atoms with van der Waals surface area (Å²) >= 11 is 0. The Balaban J connectivity index is 3.02. The van der Waals surface area contributed by atoms with Gasteiger partial charge in [0.1, 0.15) is 0 Å². The molecular formula is C10H21NO2. The summed E-state index contributed by atoms with van der Waals surface area (Å²) < 4.78 is 0. The minimum Gasteiger partial charge on any atom is -0.396 e. The first-order valence-corrected chi connectivity index (χ1v) is 5.18. The molecule has 0 aromatic heterocycles. The summed E-state index contributed by atoms with van der Waals surface area (Å²) in [7, 11) is 0. The van der Waals surface area contributed by atoms with Crippen LogP contribution in [0.3, 0.4) is 0 Å². The molecule has 0 aromatic carbocycles. The number of hydrogen-bond acceptors (Lipinski definition) is 2. The van der Waals surface area contributed by atoms with Crippen molar-refractivity contribution in [1.82, 2.24) is 5.32 Å². The van der Waals surface area contributed by atoms with Crippen LogP contribution in [0.15, 0.2) is 0 Å². The van der Waals surface area contributed by atoms with E-state index in [4.69, 9.17) is 5.11 Å². The van der Waals surface area contributed by atoms with Crippen LogP contribution in [-0.4, -0.2) is 24.2 Å². The van der Waals surface area contributed by atoms with Crippen molar-refractivity contribution >= 4 is 5.91 Å². The number of amides is 1. The van der Waals surface area contributed by atoms with Gasteiger partial charge in [-0.2, -0.15) is 0 Å². The SMILES string of the molecule is CCCC(=O)NCCCCCCO. The molecule has 0 unspecified atom stereocenters. The van der Waals surface area contributed by atoms with Crippen molar-refractivity contribution < 1.29 is 9.90 Å². The summed E-state index contributed by atoms with van der Waals surface area (Å²) in [6.07, 6.45) is 5.60. The van der Waals surface area contributed by atoms with Crippen molar-refractivity contribution in [3.63, 3.8) is 0 Å². The van der Waals surface area contributed by atoms with Crippen LogP contribution in [0.1, 0.15) is 45.4 Å². The molecule has 0 atom stereocenters. The number of unbranched alkanes of at least 4 members (excludes halogenated alkanes) is 3. The average molecular weight is 187 g/mol. The number of aliphatic hydroxyl groups is 1. The molecule has 0 bridgehead atoms. The van der Waals surface area contributed by atoms with Crippen molar-refractivity contribution in [1.29, 1.82) is 0 Å². The van der Waals surface area contributed by atoms with Crippen LogP contribution in [0.5, 0.6) is 0 Å². The van der Waals surface area contributed by atoms with E-state index in [1.54, 1.807) is 0 Å². The van der Waals surface area contributed by atoms with Crippen molar-refractivity contribution in [3.05, 3.63) is 0 Å². The Labute approximate surface area is 80.5 Å². The summed E-state index contributed by atoms with van der Waals surface area (Å²) in [6, 6.07) is 0. The third-order valence-corrected chi connectivity index (χ3v) is 1.88. The smallest absolute Gasteiger partial charge is 0.219 e. The predicted octanol–water partition coefficient (Wildman–Crippen LogP) is 1.46. The van der Waals surface area contributed by atoms with E-state index in [0.29, 0.717) is 6.42 Å². The number of carbonyl (C=O) groups is 1. The van der Waals surface area contributed by atoms with Crippen LogP contribution in [0.2, 0.25) is 0 Å². The van der Waals surface area contributed by atoms with Gasteiger partial charge < -0.3 is 10.4 Å². The quantitative estimate of drug-likeness (QED) is 0.565. The van der Waals surface area contributed by atoms with Gasteiger partial charge in [-0.05, 0) is 19.3 Å². The maximum Gasteiger partial charge on any atom is 0.219 e. The summed E-state index contributed by atoms with van der Waals surface area (Å²) in [5.41, 5.74) is 0. The van der Waals surface area contributed by atoms with E-state index in [1.807, 2.05) is 6.92 Å². The minimum absolute atomic E-state index is 0.157. The molecule has 0 aliphatic carbocycles. The summed E-state index contributed by atoms with van der Waals surface area (Å²) in [6.45, 7) is 3.06. The van der Waals surface area contributed by atoms with E-state index < -0.39 is 0 Å². The highest BCUT2D eigenvalue weighted by Crippen LogP contribution is 1.97. The molecular weight excluding hydrogens is 166 g/mol. The van der Waals surface area contributed by atoms with Crippen LogP contribution >= 0.6 is 0 Å². The van der Waals surface area contributed by atoms with E-state index in [-0.39, 0.29) is 12.5 Å². The molecule has 0 radical (unpaired) electrons. The first-order valence-electron chi connectivity index (χ1n) is 5.18. The largest absolute Gasteiger partial charge is 0.396 e. The average Bonchev–Trinajstić information content (AvgIpc) is 2.11. The van der Waals surface area contributed by atoms with Gasteiger partial charge in [-0.15, -0.1) is 0 Å². The zero-order valence-corrected chi connectivity index (χ0v) is 8.51. The van der Waals surface area contributed by atoms with E-state index in [1.165, 1.54) is 0 Å². The highest BCUT2D eigenvalue weighted by Gasteiger charge is 1.96. The maximum absolute atomic E-state index is 11.0.